The van der Waals surface area contributed by atoms with Gasteiger partial charge in [-0.2, -0.15) is 0 Å². The minimum atomic E-state index is -0.969. The maximum atomic E-state index is 10.9. The Labute approximate surface area is 104 Å². The molecule has 0 bridgehead atoms. The molecule has 0 unspecified atom stereocenters. The molecule has 0 aliphatic rings. The first kappa shape index (κ1) is 12.0. The third-order valence-corrected chi connectivity index (χ3v) is 2.51. The average molecular weight is 247 g/mol. The Balaban J connectivity index is 2.18. The van der Waals surface area contributed by atoms with Gasteiger partial charge in [0.2, 0.25) is 0 Å². The van der Waals surface area contributed by atoms with Crippen LogP contribution in [0.1, 0.15) is 15.9 Å². The van der Waals surface area contributed by atoms with Gasteiger partial charge in [0.15, 0.2) is 0 Å². The van der Waals surface area contributed by atoms with Gasteiger partial charge in [-0.05, 0) is 24.3 Å². The van der Waals surface area contributed by atoms with Crippen molar-refractivity contribution < 1.29 is 19.1 Å². The lowest BCUT2D eigenvalue weighted by Gasteiger charge is -2.11. The molecule has 0 spiro atoms. The zero-order chi connectivity index (χ0) is 13.0. The maximum Gasteiger partial charge on any atom is 0.335 e. The van der Waals surface area contributed by atoms with Gasteiger partial charge in [0.1, 0.15) is 5.75 Å². The predicted molar refractivity (Wildman–Crippen MR) is 66.0 cm³/mol. The van der Waals surface area contributed by atoms with Crippen molar-refractivity contribution in [3.05, 3.63) is 47.9 Å². The van der Waals surface area contributed by atoms with Gasteiger partial charge in [0, 0.05) is 12.1 Å². The molecule has 94 valence electrons. The Bertz CT molecular complexity index is 534. The summed E-state index contributed by atoms with van der Waals surface area (Å²) in [7, 11) is 1.54. The molecule has 0 atom stereocenters. The van der Waals surface area contributed by atoms with Crippen LogP contribution in [0.15, 0.2) is 41.2 Å². The molecular formula is C13H13NO4. The SMILES string of the molecule is COc1ccc(C(=O)O)cc1NCc1ccoc1. The molecule has 2 aromatic rings. The summed E-state index contributed by atoms with van der Waals surface area (Å²) in [5.41, 5.74) is 1.82. The molecule has 1 heterocycles. The Kier molecular flexibility index (Phi) is 3.52. The molecule has 0 radical (unpaired) electrons. The van der Waals surface area contributed by atoms with E-state index in [2.05, 4.69) is 5.32 Å². The van der Waals surface area contributed by atoms with Crippen LogP contribution in [0, 0.1) is 0 Å². The van der Waals surface area contributed by atoms with Crippen molar-refractivity contribution in [1.29, 1.82) is 0 Å². The molecule has 0 amide bonds. The van der Waals surface area contributed by atoms with Crippen molar-refractivity contribution >= 4 is 11.7 Å². The van der Waals surface area contributed by atoms with Crippen LogP contribution >= 0.6 is 0 Å². The van der Waals surface area contributed by atoms with Gasteiger partial charge >= 0.3 is 5.97 Å². The first-order valence-corrected chi connectivity index (χ1v) is 5.37. The molecule has 1 aromatic heterocycles. The van der Waals surface area contributed by atoms with Gasteiger partial charge in [-0.25, -0.2) is 4.79 Å². The smallest absolute Gasteiger partial charge is 0.335 e. The van der Waals surface area contributed by atoms with E-state index >= 15 is 0 Å². The fourth-order valence-electron chi connectivity index (χ4n) is 1.57. The van der Waals surface area contributed by atoms with Gasteiger partial charge in [0.05, 0.1) is 30.9 Å². The summed E-state index contributed by atoms with van der Waals surface area (Å²) in [4.78, 5) is 10.9. The zero-order valence-electron chi connectivity index (χ0n) is 9.84. The zero-order valence-corrected chi connectivity index (χ0v) is 9.84. The van der Waals surface area contributed by atoms with Crippen molar-refractivity contribution in [3.8, 4) is 5.75 Å². The Morgan fingerprint density at radius 3 is 2.89 bits per heavy atom. The lowest BCUT2D eigenvalue weighted by atomic mass is 10.2. The van der Waals surface area contributed by atoms with Crippen LogP contribution in [0.25, 0.3) is 0 Å². The normalized spacial score (nSPS) is 10.1. The molecule has 2 N–H and O–H groups in total. The number of benzene rings is 1. The first-order valence-electron chi connectivity index (χ1n) is 5.37. The summed E-state index contributed by atoms with van der Waals surface area (Å²) in [6.45, 7) is 0.538. The second kappa shape index (κ2) is 5.27. The molecule has 0 saturated heterocycles. The van der Waals surface area contributed by atoms with E-state index in [9.17, 15) is 4.79 Å². The molecule has 5 heteroatoms. The van der Waals surface area contributed by atoms with Crippen molar-refractivity contribution in [2.75, 3.05) is 12.4 Å². The Hall–Kier alpha value is -2.43. The highest BCUT2D eigenvalue weighted by Crippen LogP contribution is 2.26. The van der Waals surface area contributed by atoms with Crippen LogP contribution in [0.5, 0.6) is 5.75 Å². The van der Waals surface area contributed by atoms with Crippen LogP contribution in [-0.4, -0.2) is 18.2 Å². The molecule has 18 heavy (non-hydrogen) atoms. The second-order valence-corrected chi connectivity index (χ2v) is 3.71. The number of carboxylic acid groups (broad SMARTS) is 1. The minimum absolute atomic E-state index is 0.213. The van der Waals surface area contributed by atoms with E-state index in [1.54, 1.807) is 31.8 Å². The highest BCUT2D eigenvalue weighted by atomic mass is 16.5. The quantitative estimate of drug-likeness (QED) is 0.849. The molecule has 0 fully saturated rings. The molecule has 5 nitrogen and oxygen atoms in total. The lowest BCUT2D eigenvalue weighted by Crippen LogP contribution is -2.03. The maximum absolute atomic E-state index is 10.9. The number of carbonyl (C=O) groups is 1. The third-order valence-electron chi connectivity index (χ3n) is 2.51. The summed E-state index contributed by atoms with van der Waals surface area (Å²) >= 11 is 0. The van der Waals surface area contributed by atoms with Crippen LogP contribution in [-0.2, 0) is 6.54 Å². The van der Waals surface area contributed by atoms with Crippen LogP contribution in [0.3, 0.4) is 0 Å². The Morgan fingerprint density at radius 1 is 1.44 bits per heavy atom. The number of hydrogen-bond acceptors (Lipinski definition) is 4. The summed E-state index contributed by atoms with van der Waals surface area (Å²) in [6, 6.07) is 6.51. The fourth-order valence-corrected chi connectivity index (χ4v) is 1.57. The van der Waals surface area contributed by atoms with Crippen molar-refractivity contribution in [1.82, 2.24) is 0 Å². The number of methoxy groups -OCH3 is 1. The molecule has 0 aliphatic heterocycles. The number of carboxylic acids is 1. The molecule has 0 aliphatic carbocycles. The van der Waals surface area contributed by atoms with Gasteiger partial charge in [-0.1, -0.05) is 0 Å². The lowest BCUT2D eigenvalue weighted by molar-refractivity contribution is 0.0697. The number of furan rings is 1. The van der Waals surface area contributed by atoms with Gasteiger partial charge in [-0.15, -0.1) is 0 Å². The molecule has 2 rings (SSSR count). The number of rotatable bonds is 5. The van der Waals surface area contributed by atoms with E-state index in [1.807, 2.05) is 6.07 Å². The topological polar surface area (TPSA) is 71.7 Å². The molecule has 1 aromatic carbocycles. The molecular weight excluding hydrogens is 234 g/mol. The van der Waals surface area contributed by atoms with Crippen molar-refractivity contribution in [3.63, 3.8) is 0 Å². The number of nitrogens with one attached hydrogen (secondary N) is 1. The molecule has 0 saturated carbocycles. The monoisotopic (exact) mass is 247 g/mol. The van der Waals surface area contributed by atoms with E-state index in [-0.39, 0.29) is 5.56 Å². The second-order valence-electron chi connectivity index (χ2n) is 3.71. The Morgan fingerprint density at radius 2 is 2.28 bits per heavy atom. The summed E-state index contributed by atoms with van der Waals surface area (Å²) in [6.07, 6.45) is 3.21. The third kappa shape index (κ3) is 2.63. The van der Waals surface area contributed by atoms with E-state index in [0.29, 0.717) is 18.0 Å². The van der Waals surface area contributed by atoms with Gasteiger partial charge in [-0.3, -0.25) is 0 Å². The van der Waals surface area contributed by atoms with E-state index in [1.165, 1.54) is 6.07 Å². The minimum Gasteiger partial charge on any atom is -0.495 e. The summed E-state index contributed by atoms with van der Waals surface area (Å²) < 4.78 is 10.1. The number of hydrogen-bond donors (Lipinski definition) is 2. The van der Waals surface area contributed by atoms with Gasteiger partial charge in [0.25, 0.3) is 0 Å². The first-order chi connectivity index (χ1) is 8.70. The highest BCUT2D eigenvalue weighted by molar-refractivity contribution is 5.89. The van der Waals surface area contributed by atoms with Crippen molar-refractivity contribution in [2.45, 2.75) is 6.54 Å². The summed E-state index contributed by atoms with van der Waals surface area (Å²) in [5.74, 6) is -0.368. The van der Waals surface area contributed by atoms with Crippen LogP contribution < -0.4 is 10.1 Å². The summed E-state index contributed by atoms with van der Waals surface area (Å²) in [5, 5.41) is 12.1. The van der Waals surface area contributed by atoms with E-state index < -0.39 is 5.97 Å². The van der Waals surface area contributed by atoms with Crippen LogP contribution in [0.2, 0.25) is 0 Å². The highest BCUT2D eigenvalue weighted by Gasteiger charge is 2.08. The van der Waals surface area contributed by atoms with Crippen LogP contribution in [0.4, 0.5) is 5.69 Å². The average Bonchev–Trinajstić information content (AvgIpc) is 2.89. The van der Waals surface area contributed by atoms with E-state index in [4.69, 9.17) is 14.3 Å². The fraction of sp³-hybridized carbons (Fsp3) is 0.154. The number of ether oxygens (including phenoxy) is 1. The number of aromatic carboxylic acids is 1. The predicted octanol–water partition coefficient (Wildman–Crippen LogP) is 2.60. The van der Waals surface area contributed by atoms with E-state index in [0.717, 1.165) is 5.56 Å². The number of anilines is 1. The largest absolute Gasteiger partial charge is 0.495 e. The standard InChI is InChI=1S/C13H13NO4/c1-17-12-3-2-10(13(15)16)6-11(12)14-7-9-4-5-18-8-9/h2-6,8,14H,7H2,1H3,(H,15,16). The van der Waals surface area contributed by atoms with Gasteiger partial charge < -0.3 is 19.6 Å². The van der Waals surface area contributed by atoms with Crippen molar-refractivity contribution in [2.24, 2.45) is 0 Å².